The molecule has 5 heteroatoms. The van der Waals surface area contributed by atoms with Crippen LogP contribution < -0.4 is 0 Å². The van der Waals surface area contributed by atoms with Crippen LogP contribution in [0.1, 0.15) is 0 Å². The van der Waals surface area contributed by atoms with E-state index in [2.05, 4.69) is 102 Å². The summed E-state index contributed by atoms with van der Waals surface area (Å²) in [6.45, 7) is 0. The van der Waals surface area contributed by atoms with E-state index in [9.17, 15) is 0 Å². The molecule has 0 unspecified atom stereocenters. The minimum atomic E-state index is 0.614. The Morgan fingerprint density at radius 2 is 1.10 bits per heavy atom. The lowest BCUT2D eigenvalue weighted by Crippen LogP contribution is -1.91. The van der Waals surface area contributed by atoms with E-state index in [1.807, 2.05) is 66.7 Å². The summed E-state index contributed by atoms with van der Waals surface area (Å²) in [5, 5.41) is 4.26. The SMILES string of the molecule is c1ccc(-c2nc3c(ccc4c(-c5ccc(-c6ccc(-c7ccc8ccc(-c9ccccn9)nc8c7)cc6)cc5)nc5ccccc5c43)o2)cc1. The van der Waals surface area contributed by atoms with Crippen molar-refractivity contribution in [1.29, 1.82) is 0 Å². The molecule has 0 aliphatic rings. The number of fused-ring (bicyclic) bond motifs is 6. The molecule has 10 rings (SSSR count). The van der Waals surface area contributed by atoms with Crippen LogP contribution in [0.25, 0.3) is 100 Å². The third kappa shape index (κ3) is 5.11. The summed E-state index contributed by atoms with van der Waals surface area (Å²) in [6, 6.07) is 56.3. The smallest absolute Gasteiger partial charge is 0.227 e. The van der Waals surface area contributed by atoms with Gasteiger partial charge in [-0.2, -0.15) is 0 Å². The van der Waals surface area contributed by atoms with Crippen molar-refractivity contribution in [2.75, 3.05) is 0 Å². The van der Waals surface area contributed by atoms with Crippen LogP contribution in [0.15, 0.2) is 174 Å². The maximum absolute atomic E-state index is 6.26. The number of oxazole rings is 1. The highest BCUT2D eigenvalue weighted by molar-refractivity contribution is 6.20. The average Bonchev–Trinajstić information content (AvgIpc) is 3.66. The minimum Gasteiger partial charge on any atom is -0.436 e. The van der Waals surface area contributed by atoms with Crippen LogP contribution in [-0.2, 0) is 0 Å². The molecule has 6 aromatic carbocycles. The van der Waals surface area contributed by atoms with Crippen LogP contribution in [0.3, 0.4) is 0 Å². The van der Waals surface area contributed by atoms with Crippen LogP contribution in [0.4, 0.5) is 0 Å². The summed E-state index contributed by atoms with van der Waals surface area (Å²) in [7, 11) is 0. The second-order valence-electron chi connectivity index (χ2n) is 12.7. The van der Waals surface area contributed by atoms with Gasteiger partial charge in [-0.1, -0.05) is 109 Å². The highest BCUT2D eigenvalue weighted by atomic mass is 16.3. The van der Waals surface area contributed by atoms with Crippen molar-refractivity contribution < 1.29 is 4.42 Å². The molecular weight excluding hydrogens is 625 g/mol. The number of pyridine rings is 3. The molecule has 0 amide bonds. The first-order chi connectivity index (χ1) is 25.2. The molecule has 5 nitrogen and oxygen atoms in total. The van der Waals surface area contributed by atoms with Gasteiger partial charge in [0.05, 0.1) is 28.1 Å². The molecule has 0 N–H and O–H groups in total. The molecule has 238 valence electrons. The van der Waals surface area contributed by atoms with Crippen molar-refractivity contribution in [2.45, 2.75) is 0 Å². The highest BCUT2D eigenvalue weighted by Gasteiger charge is 2.17. The Kier molecular flexibility index (Phi) is 6.74. The Bertz CT molecular complexity index is 2880. The quantitative estimate of drug-likeness (QED) is 0.173. The number of hydrogen-bond acceptors (Lipinski definition) is 5. The maximum Gasteiger partial charge on any atom is 0.227 e. The van der Waals surface area contributed by atoms with E-state index in [-0.39, 0.29) is 0 Å². The fourth-order valence-corrected chi connectivity index (χ4v) is 6.98. The number of hydrogen-bond donors (Lipinski definition) is 0. The average molecular weight is 653 g/mol. The predicted octanol–water partition coefficient (Wildman–Crippen LogP) is 11.8. The fourth-order valence-electron chi connectivity index (χ4n) is 6.98. The lowest BCUT2D eigenvalue weighted by Gasteiger charge is -2.11. The van der Waals surface area contributed by atoms with E-state index >= 15 is 0 Å². The molecule has 4 heterocycles. The Labute approximate surface area is 293 Å². The minimum absolute atomic E-state index is 0.614. The first-order valence-electron chi connectivity index (χ1n) is 17.0. The Morgan fingerprint density at radius 1 is 0.412 bits per heavy atom. The van der Waals surface area contributed by atoms with Gasteiger partial charge in [0.1, 0.15) is 5.52 Å². The molecule has 51 heavy (non-hydrogen) atoms. The molecule has 0 saturated heterocycles. The molecule has 4 aromatic heterocycles. The summed E-state index contributed by atoms with van der Waals surface area (Å²) in [4.78, 5) is 19.6. The highest BCUT2D eigenvalue weighted by Crippen LogP contribution is 2.39. The van der Waals surface area contributed by atoms with Gasteiger partial charge in [0, 0.05) is 38.9 Å². The van der Waals surface area contributed by atoms with Crippen molar-refractivity contribution >= 4 is 43.7 Å². The van der Waals surface area contributed by atoms with Crippen molar-refractivity contribution in [3.8, 4) is 56.4 Å². The summed E-state index contributed by atoms with van der Waals surface area (Å²) >= 11 is 0. The molecular formula is C46H28N4O. The van der Waals surface area contributed by atoms with E-state index in [0.717, 1.165) is 94.1 Å². The summed E-state index contributed by atoms with van der Waals surface area (Å²) < 4.78 is 6.26. The molecule has 0 radical (unpaired) electrons. The van der Waals surface area contributed by atoms with E-state index in [1.165, 1.54) is 0 Å². The van der Waals surface area contributed by atoms with Gasteiger partial charge in [-0.25, -0.2) is 15.0 Å². The van der Waals surface area contributed by atoms with Crippen LogP contribution in [0, 0.1) is 0 Å². The summed E-state index contributed by atoms with van der Waals surface area (Å²) in [5.41, 5.74) is 12.7. The first-order valence-corrected chi connectivity index (χ1v) is 17.0. The molecule has 0 bridgehead atoms. The van der Waals surface area contributed by atoms with Gasteiger partial charge in [0.15, 0.2) is 5.58 Å². The first kappa shape index (κ1) is 29.0. The topological polar surface area (TPSA) is 64.7 Å². The van der Waals surface area contributed by atoms with Gasteiger partial charge in [0.25, 0.3) is 0 Å². The van der Waals surface area contributed by atoms with E-state index in [4.69, 9.17) is 19.4 Å². The van der Waals surface area contributed by atoms with Crippen molar-refractivity contribution in [2.24, 2.45) is 0 Å². The third-order valence-electron chi connectivity index (χ3n) is 9.57. The third-order valence-corrected chi connectivity index (χ3v) is 9.57. The molecule has 0 atom stereocenters. The van der Waals surface area contributed by atoms with E-state index in [0.29, 0.717) is 5.89 Å². The Morgan fingerprint density at radius 3 is 1.88 bits per heavy atom. The summed E-state index contributed by atoms with van der Waals surface area (Å²) in [5.74, 6) is 0.614. The molecule has 10 aromatic rings. The van der Waals surface area contributed by atoms with Gasteiger partial charge in [-0.15, -0.1) is 0 Å². The van der Waals surface area contributed by atoms with Crippen LogP contribution >= 0.6 is 0 Å². The van der Waals surface area contributed by atoms with Crippen molar-refractivity contribution in [1.82, 2.24) is 19.9 Å². The van der Waals surface area contributed by atoms with Gasteiger partial charge in [-0.05, 0) is 76.9 Å². The second kappa shape index (κ2) is 11.9. The van der Waals surface area contributed by atoms with Gasteiger partial charge in [-0.3, -0.25) is 4.98 Å². The van der Waals surface area contributed by atoms with Crippen LogP contribution in [-0.4, -0.2) is 19.9 Å². The molecule has 0 spiro atoms. The Balaban J connectivity index is 0.991. The largest absolute Gasteiger partial charge is 0.436 e. The zero-order valence-corrected chi connectivity index (χ0v) is 27.4. The molecule has 0 aliphatic heterocycles. The standard InChI is InChI=1S/C46H28N4O/c1-2-8-34(9-3-1)46-50-45-42(51-46)26-24-37-43(45)36-10-4-5-11-38(36)49-44(37)33-20-17-30(18-21-33)29-13-15-31(16-14-29)35-22-19-32-23-25-40(48-41(32)28-35)39-12-6-7-27-47-39/h1-28H. The molecule has 0 fully saturated rings. The second-order valence-corrected chi connectivity index (χ2v) is 12.7. The van der Waals surface area contributed by atoms with Gasteiger partial charge < -0.3 is 4.42 Å². The predicted molar refractivity (Wildman–Crippen MR) is 207 cm³/mol. The number of rotatable bonds is 5. The van der Waals surface area contributed by atoms with E-state index in [1.54, 1.807) is 6.20 Å². The number of benzene rings is 6. The normalized spacial score (nSPS) is 11.5. The summed E-state index contributed by atoms with van der Waals surface area (Å²) in [6.07, 6.45) is 1.80. The zero-order chi connectivity index (χ0) is 33.7. The zero-order valence-electron chi connectivity index (χ0n) is 27.4. The van der Waals surface area contributed by atoms with Gasteiger partial charge in [0.2, 0.25) is 5.89 Å². The van der Waals surface area contributed by atoms with E-state index < -0.39 is 0 Å². The fraction of sp³-hybridized carbons (Fsp3) is 0. The van der Waals surface area contributed by atoms with Gasteiger partial charge >= 0.3 is 0 Å². The number of nitrogens with zero attached hydrogens (tertiary/aromatic N) is 4. The number of aromatic nitrogens is 4. The lowest BCUT2D eigenvalue weighted by atomic mass is 9.96. The van der Waals surface area contributed by atoms with Crippen molar-refractivity contribution in [3.05, 3.63) is 170 Å². The maximum atomic E-state index is 6.26. The molecule has 0 saturated carbocycles. The van der Waals surface area contributed by atoms with Crippen LogP contribution in [0.2, 0.25) is 0 Å². The number of para-hydroxylation sites is 1. The van der Waals surface area contributed by atoms with Crippen molar-refractivity contribution in [3.63, 3.8) is 0 Å². The van der Waals surface area contributed by atoms with Crippen LogP contribution in [0.5, 0.6) is 0 Å². The Hall–Kier alpha value is -6.98. The lowest BCUT2D eigenvalue weighted by molar-refractivity contribution is 0.620. The monoisotopic (exact) mass is 652 g/mol. The molecule has 0 aliphatic carbocycles.